The molecular weight excluding hydrogens is 384 g/mol. The number of likely N-dealkylation sites (tertiary alicyclic amines) is 1. The molecule has 1 amide bonds. The molecule has 2 aromatic rings. The third-order valence-electron chi connectivity index (χ3n) is 4.86. The number of hydrogen-bond donors (Lipinski definition) is 1. The van der Waals surface area contributed by atoms with Gasteiger partial charge < -0.3 is 14.6 Å². The van der Waals surface area contributed by atoms with Crippen LogP contribution in [0.25, 0.3) is 11.2 Å². The molecule has 0 radical (unpaired) electrons. The van der Waals surface area contributed by atoms with E-state index in [0.29, 0.717) is 35.7 Å². The predicted molar refractivity (Wildman–Crippen MR) is 107 cm³/mol. The number of aromatic nitrogens is 3. The molecule has 0 bridgehead atoms. The Balaban J connectivity index is 2.00. The number of H-pyrrole nitrogens is 1. The van der Waals surface area contributed by atoms with Crippen molar-refractivity contribution in [3.05, 3.63) is 38.0 Å². The van der Waals surface area contributed by atoms with Gasteiger partial charge in [-0.3, -0.25) is 14.2 Å². The number of carbonyl (C=O) groups excluding carboxylic acids is 1. The summed E-state index contributed by atoms with van der Waals surface area (Å²) in [7, 11) is 0. The molecule has 2 aromatic heterocycles. The number of pyridine rings is 1. The van der Waals surface area contributed by atoms with E-state index in [1.807, 2.05) is 34.6 Å². The van der Waals surface area contributed by atoms with Crippen molar-refractivity contribution in [1.29, 1.82) is 0 Å². The largest absolute Gasteiger partial charge is 0.444 e. The summed E-state index contributed by atoms with van der Waals surface area (Å²) < 4.78 is 6.92. The number of fused-ring (bicyclic) bond motifs is 1. The zero-order chi connectivity index (χ0) is 20.9. The lowest BCUT2D eigenvalue weighted by Crippen LogP contribution is -2.53. The van der Waals surface area contributed by atoms with Crippen LogP contribution in [0.2, 0.25) is 5.02 Å². The fourth-order valence-corrected chi connectivity index (χ4v) is 3.85. The minimum absolute atomic E-state index is 0.308. The number of ether oxygens (including phenoxy) is 1. The Hall–Kier alpha value is -2.35. The molecule has 1 aliphatic heterocycles. The maximum atomic E-state index is 12.7. The molecule has 0 aliphatic carbocycles. The van der Waals surface area contributed by atoms with Crippen LogP contribution in [-0.2, 0) is 4.74 Å². The van der Waals surface area contributed by atoms with Crippen molar-refractivity contribution in [2.24, 2.45) is 5.41 Å². The van der Waals surface area contributed by atoms with Gasteiger partial charge in [-0.25, -0.2) is 9.78 Å². The lowest BCUT2D eigenvalue weighted by atomic mass is 9.79. The Morgan fingerprint density at radius 1 is 1.36 bits per heavy atom. The SMILES string of the molecule is CC(C)(C)OC(=O)N1CCC(n2c(=O)c(=O)[nH]c3cc(Cl)cnc32)C(C)(C)C1. The van der Waals surface area contributed by atoms with E-state index in [0.717, 1.165) is 0 Å². The monoisotopic (exact) mass is 408 g/mol. The summed E-state index contributed by atoms with van der Waals surface area (Å²) in [6.45, 7) is 10.2. The van der Waals surface area contributed by atoms with Crippen LogP contribution in [0.4, 0.5) is 4.79 Å². The minimum atomic E-state index is -0.720. The molecule has 8 nitrogen and oxygen atoms in total. The number of piperidine rings is 1. The Morgan fingerprint density at radius 3 is 2.64 bits per heavy atom. The first-order chi connectivity index (χ1) is 12.9. The second-order valence-corrected chi connectivity index (χ2v) is 9.29. The molecule has 0 saturated carbocycles. The molecule has 1 unspecified atom stereocenters. The highest BCUT2D eigenvalue weighted by atomic mass is 35.5. The summed E-state index contributed by atoms with van der Waals surface area (Å²) in [5.41, 5.74) is -1.67. The molecule has 0 spiro atoms. The van der Waals surface area contributed by atoms with Gasteiger partial charge in [-0.1, -0.05) is 25.4 Å². The van der Waals surface area contributed by atoms with Crippen LogP contribution in [0.3, 0.4) is 0 Å². The van der Waals surface area contributed by atoms with Crippen LogP contribution in [0.5, 0.6) is 0 Å². The summed E-state index contributed by atoms with van der Waals surface area (Å²) in [5, 5.41) is 0.368. The first-order valence-corrected chi connectivity index (χ1v) is 9.55. The van der Waals surface area contributed by atoms with Gasteiger partial charge in [0.05, 0.1) is 10.5 Å². The first kappa shape index (κ1) is 20.4. The average molecular weight is 409 g/mol. The molecule has 0 aromatic carbocycles. The van der Waals surface area contributed by atoms with Gasteiger partial charge in [0.2, 0.25) is 0 Å². The maximum Gasteiger partial charge on any atom is 0.410 e. The van der Waals surface area contributed by atoms with Crippen LogP contribution in [0.1, 0.15) is 47.1 Å². The van der Waals surface area contributed by atoms with Crippen molar-refractivity contribution in [3.8, 4) is 0 Å². The summed E-state index contributed by atoms with van der Waals surface area (Å²) in [6, 6.07) is 1.27. The molecule has 9 heteroatoms. The van der Waals surface area contributed by atoms with Gasteiger partial charge in [0.1, 0.15) is 5.60 Å². The predicted octanol–water partition coefficient (Wildman–Crippen LogP) is 2.95. The van der Waals surface area contributed by atoms with Crippen LogP contribution in [0.15, 0.2) is 21.9 Å². The maximum absolute atomic E-state index is 12.7. The van der Waals surface area contributed by atoms with E-state index in [-0.39, 0.29) is 12.1 Å². The fourth-order valence-electron chi connectivity index (χ4n) is 3.69. The molecule has 1 fully saturated rings. The van der Waals surface area contributed by atoms with Gasteiger partial charge in [-0.2, -0.15) is 0 Å². The number of halogens is 1. The first-order valence-electron chi connectivity index (χ1n) is 9.17. The van der Waals surface area contributed by atoms with Crippen LogP contribution < -0.4 is 11.1 Å². The molecule has 28 heavy (non-hydrogen) atoms. The Kier molecular flexibility index (Phi) is 5.04. The summed E-state index contributed by atoms with van der Waals surface area (Å²) in [5.74, 6) is 0. The standard InChI is InChI=1S/C19H25ClN4O4/c1-18(2,3)28-17(27)23-7-6-13(19(4,5)10-23)24-14-12(8-11(20)9-21-14)22-15(25)16(24)26/h8-9,13H,6-7,10H2,1-5H3,(H,22,25). The number of aromatic amines is 1. The molecule has 1 atom stereocenters. The van der Waals surface area contributed by atoms with Crippen LogP contribution in [-0.4, -0.2) is 44.2 Å². The smallest absolute Gasteiger partial charge is 0.410 e. The van der Waals surface area contributed by atoms with Crippen molar-refractivity contribution in [2.75, 3.05) is 13.1 Å². The Labute approximate surface area is 167 Å². The van der Waals surface area contributed by atoms with Crippen molar-refractivity contribution in [1.82, 2.24) is 19.4 Å². The van der Waals surface area contributed by atoms with Crippen molar-refractivity contribution in [2.45, 2.75) is 52.7 Å². The highest BCUT2D eigenvalue weighted by Crippen LogP contribution is 2.39. The zero-order valence-corrected chi connectivity index (χ0v) is 17.5. The van der Waals surface area contributed by atoms with Crippen molar-refractivity contribution >= 4 is 28.9 Å². The summed E-state index contributed by atoms with van der Waals surface area (Å²) in [4.78, 5) is 45.8. The van der Waals surface area contributed by atoms with Gasteiger partial charge in [-0.05, 0) is 33.3 Å². The third kappa shape index (κ3) is 3.92. The van der Waals surface area contributed by atoms with Gasteiger partial charge in [0.15, 0.2) is 5.65 Å². The molecule has 1 N–H and O–H groups in total. The summed E-state index contributed by atoms with van der Waals surface area (Å²) in [6.07, 6.45) is 1.56. The number of nitrogens with zero attached hydrogens (tertiary/aromatic N) is 3. The van der Waals surface area contributed by atoms with Crippen molar-refractivity contribution < 1.29 is 9.53 Å². The molecular formula is C19H25ClN4O4. The Bertz CT molecular complexity index is 1030. The summed E-state index contributed by atoms with van der Waals surface area (Å²) >= 11 is 5.98. The van der Waals surface area contributed by atoms with Gasteiger partial charge in [0.25, 0.3) is 0 Å². The number of rotatable bonds is 1. The lowest BCUT2D eigenvalue weighted by molar-refractivity contribution is -0.00203. The number of carbonyl (C=O) groups is 1. The normalized spacial score (nSPS) is 19.6. The zero-order valence-electron chi connectivity index (χ0n) is 16.7. The van der Waals surface area contributed by atoms with E-state index in [1.54, 1.807) is 11.0 Å². The highest BCUT2D eigenvalue weighted by Gasteiger charge is 2.41. The third-order valence-corrected chi connectivity index (χ3v) is 5.07. The number of nitrogens with one attached hydrogen (secondary N) is 1. The lowest BCUT2D eigenvalue weighted by Gasteiger charge is -2.44. The van der Waals surface area contributed by atoms with E-state index in [4.69, 9.17) is 16.3 Å². The second kappa shape index (κ2) is 6.92. The Morgan fingerprint density at radius 2 is 2.04 bits per heavy atom. The average Bonchev–Trinajstić information content (AvgIpc) is 2.54. The molecule has 152 valence electrons. The molecule has 1 saturated heterocycles. The van der Waals surface area contributed by atoms with Gasteiger partial charge >= 0.3 is 17.2 Å². The van der Waals surface area contributed by atoms with E-state index >= 15 is 0 Å². The minimum Gasteiger partial charge on any atom is -0.444 e. The van der Waals surface area contributed by atoms with Gasteiger partial charge in [0, 0.05) is 30.7 Å². The number of amides is 1. The molecule has 3 rings (SSSR count). The molecule has 3 heterocycles. The van der Waals surface area contributed by atoms with E-state index in [1.165, 1.54) is 10.8 Å². The highest BCUT2D eigenvalue weighted by molar-refractivity contribution is 6.30. The van der Waals surface area contributed by atoms with E-state index < -0.39 is 22.1 Å². The van der Waals surface area contributed by atoms with Crippen LogP contribution in [0, 0.1) is 5.41 Å². The topological polar surface area (TPSA) is 97.3 Å². The van der Waals surface area contributed by atoms with Crippen LogP contribution >= 0.6 is 11.6 Å². The second-order valence-electron chi connectivity index (χ2n) is 8.85. The fraction of sp³-hybridized carbons (Fsp3) is 0.579. The number of hydrogen-bond acceptors (Lipinski definition) is 5. The van der Waals surface area contributed by atoms with E-state index in [9.17, 15) is 14.4 Å². The molecule has 1 aliphatic rings. The van der Waals surface area contributed by atoms with Crippen molar-refractivity contribution in [3.63, 3.8) is 0 Å². The van der Waals surface area contributed by atoms with E-state index in [2.05, 4.69) is 9.97 Å². The van der Waals surface area contributed by atoms with Gasteiger partial charge in [-0.15, -0.1) is 0 Å². The quantitative estimate of drug-likeness (QED) is 0.731.